The lowest BCUT2D eigenvalue weighted by molar-refractivity contribution is 0.275. The lowest BCUT2D eigenvalue weighted by Gasteiger charge is -2.31. The van der Waals surface area contributed by atoms with Gasteiger partial charge in [-0.2, -0.15) is 0 Å². The van der Waals surface area contributed by atoms with Crippen molar-refractivity contribution in [2.24, 2.45) is 22.1 Å². The molecule has 0 aromatic carbocycles. The van der Waals surface area contributed by atoms with Crippen LogP contribution in [0.5, 0.6) is 0 Å². The minimum Gasteiger partial charge on any atom is -0.370 e. The zero-order valence-electron chi connectivity index (χ0n) is 11.4. The molecular formula is C14H27N3. The first-order valence-electron chi connectivity index (χ1n) is 7.14. The highest BCUT2D eigenvalue weighted by molar-refractivity contribution is 5.78. The Hall–Kier alpha value is -0.730. The Morgan fingerprint density at radius 3 is 2.47 bits per heavy atom. The van der Waals surface area contributed by atoms with Crippen molar-refractivity contribution >= 4 is 5.96 Å². The van der Waals surface area contributed by atoms with Crippen LogP contribution in [0.2, 0.25) is 0 Å². The second-order valence-corrected chi connectivity index (χ2v) is 6.36. The maximum Gasteiger partial charge on any atom is 0.191 e. The molecule has 0 aromatic rings. The molecule has 1 saturated carbocycles. The highest BCUT2D eigenvalue weighted by atomic mass is 15.3. The Kier molecular flexibility index (Phi) is 3.95. The average Bonchev–Trinajstić information content (AvgIpc) is 2.75. The first-order valence-corrected chi connectivity index (χ1v) is 7.14. The molecule has 2 rings (SSSR count). The van der Waals surface area contributed by atoms with Crippen molar-refractivity contribution in [1.82, 2.24) is 4.90 Å². The molecule has 0 aromatic heterocycles. The van der Waals surface area contributed by atoms with Crippen LogP contribution in [0.1, 0.15) is 52.4 Å². The van der Waals surface area contributed by atoms with Gasteiger partial charge in [-0.1, -0.05) is 26.7 Å². The van der Waals surface area contributed by atoms with Gasteiger partial charge in [-0.15, -0.1) is 0 Å². The number of hydrogen-bond acceptors (Lipinski definition) is 1. The number of piperidine rings is 1. The van der Waals surface area contributed by atoms with E-state index in [0.717, 1.165) is 31.5 Å². The summed E-state index contributed by atoms with van der Waals surface area (Å²) >= 11 is 0. The molecule has 0 spiro atoms. The third-order valence-electron chi connectivity index (χ3n) is 4.54. The topological polar surface area (TPSA) is 41.6 Å². The van der Waals surface area contributed by atoms with Gasteiger partial charge >= 0.3 is 0 Å². The highest BCUT2D eigenvalue weighted by Crippen LogP contribution is 2.37. The molecule has 0 amide bonds. The van der Waals surface area contributed by atoms with Crippen LogP contribution in [0.4, 0.5) is 0 Å². The fourth-order valence-electron chi connectivity index (χ4n) is 3.00. The predicted octanol–water partition coefficient (Wildman–Crippen LogP) is 2.61. The summed E-state index contributed by atoms with van der Waals surface area (Å²) in [4.78, 5) is 6.91. The van der Waals surface area contributed by atoms with E-state index in [-0.39, 0.29) is 0 Å². The molecule has 0 radical (unpaired) electrons. The van der Waals surface area contributed by atoms with Gasteiger partial charge in [0.25, 0.3) is 0 Å². The smallest absolute Gasteiger partial charge is 0.191 e. The summed E-state index contributed by atoms with van der Waals surface area (Å²) in [6.07, 6.45) is 7.89. The number of nitrogens with two attached hydrogens (primary N) is 1. The second-order valence-electron chi connectivity index (χ2n) is 6.36. The van der Waals surface area contributed by atoms with Gasteiger partial charge in [0.1, 0.15) is 0 Å². The first-order chi connectivity index (χ1) is 8.09. The first kappa shape index (κ1) is 12.7. The van der Waals surface area contributed by atoms with Crippen LogP contribution in [-0.2, 0) is 0 Å². The summed E-state index contributed by atoms with van der Waals surface area (Å²) in [5.41, 5.74) is 6.53. The SMILES string of the molecule is CC1CCN(C(N)=NCC2(C)CCCC2)CC1. The van der Waals surface area contributed by atoms with Crippen LogP contribution in [0, 0.1) is 11.3 Å². The average molecular weight is 237 g/mol. The quantitative estimate of drug-likeness (QED) is 0.592. The van der Waals surface area contributed by atoms with Crippen molar-refractivity contribution in [3.05, 3.63) is 0 Å². The van der Waals surface area contributed by atoms with Crippen molar-refractivity contribution in [3.8, 4) is 0 Å². The van der Waals surface area contributed by atoms with Gasteiger partial charge in [0.2, 0.25) is 0 Å². The fourth-order valence-corrected chi connectivity index (χ4v) is 3.00. The highest BCUT2D eigenvalue weighted by Gasteiger charge is 2.28. The van der Waals surface area contributed by atoms with Gasteiger partial charge in [0, 0.05) is 19.6 Å². The van der Waals surface area contributed by atoms with Crippen LogP contribution < -0.4 is 5.73 Å². The third kappa shape index (κ3) is 3.36. The van der Waals surface area contributed by atoms with Crippen LogP contribution in [0.3, 0.4) is 0 Å². The van der Waals surface area contributed by atoms with Gasteiger partial charge in [-0.3, -0.25) is 4.99 Å². The number of rotatable bonds is 2. The molecule has 1 aliphatic carbocycles. The lowest BCUT2D eigenvalue weighted by atomic mass is 9.89. The molecular weight excluding hydrogens is 210 g/mol. The Bertz CT molecular complexity index is 271. The van der Waals surface area contributed by atoms with Gasteiger partial charge in [0.15, 0.2) is 5.96 Å². The Labute approximate surface area is 105 Å². The van der Waals surface area contributed by atoms with Gasteiger partial charge < -0.3 is 10.6 Å². The van der Waals surface area contributed by atoms with E-state index in [1.54, 1.807) is 0 Å². The predicted molar refractivity (Wildman–Crippen MR) is 73.0 cm³/mol. The van der Waals surface area contributed by atoms with E-state index in [9.17, 15) is 0 Å². The number of nitrogens with zero attached hydrogens (tertiary/aromatic N) is 2. The maximum absolute atomic E-state index is 6.11. The van der Waals surface area contributed by atoms with Crippen molar-refractivity contribution in [3.63, 3.8) is 0 Å². The minimum absolute atomic E-state index is 0.424. The van der Waals surface area contributed by atoms with Crippen LogP contribution >= 0.6 is 0 Å². The summed E-state index contributed by atoms with van der Waals surface area (Å²) in [5.74, 6) is 1.64. The summed E-state index contributed by atoms with van der Waals surface area (Å²) in [6.45, 7) is 7.78. The van der Waals surface area contributed by atoms with E-state index < -0.39 is 0 Å². The zero-order chi connectivity index (χ0) is 12.3. The van der Waals surface area contributed by atoms with Crippen molar-refractivity contribution in [1.29, 1.82) is 0 Å². The Balaban J connectivity index is 1.84. The second kappa shape index (κ2) is 5.28. The summed E-state index contributed by atoms with van der Waals surface area (Å²) in [7, 11) is 0. The summed E-state index contributed by atoms with van der Waals surface area (Å²) < 4.78 is 0. The third-order valence-corrected chi connectivity index (χ3v) is 4.54. The number of aliphatic imine (C=N–C) groups is 1. The Morgan fingerprint density at radius 1 is 1.29 bits per heavy atom. The largest absolute Gasteiger partial charge is 0.370 e. The van der Waals surface area contributed by atoms with Crippen LogP contribution in [0.15, 0.2) is 4.99 Å². The van der Waals surface area contributed by atoms with Crippen LogP contribution in [0.25, 0.3) is 0 Å². The zero-order valence-corrected chi connectivity index (χ0v) is 11.4. The van der Waals surface area contributed by atoms with E-state index in [1.165, 1.54) is 38.5 Å². The van der Waals surface area contributed by atoms with Gasteiger partial charge in [-0.05, 0) is 37.0 Å². The number of hydrogen-bond donors (Lipinski definition) is 1. The van der Waals surface area contributed by atoms with E-state index in [0.29, 0.717) is 5.41 Å². The molecule has 2 N–H and O–H groups in total. The normalized spacial score (nSPS) is 26.5. The maximum atomic E-state index is 6.11. The molecule has 2 fully saturated rings. The number of likely N-dealkylation sites (tertiary alicyclic amines) is 1. The molecule has 1 aliphatic heterocycles. The lowest BCUT2D eigenvalue weighted by Crippen LogP contribution is -2.43. The molecule has 0 unspecified atom stereocenters. The molecule has 98 valence electrons. The van der Waals surface area contributed by atoms with Crippen molar-refractivity contribution in [2.75, 3.05) is 19.6 Å². The van der Waals surface area contributed by atoms with E-state index in [2.05, 4.69) is 23.7 Å². The molecule has 3 nitrogen and oxygen atoms in total. The molecule has 17 heavy (non-hydrogen) atoms. The van der Waals surface area contributed by atoms with E-state index in [1.807, 2.05) is 0 Å². The minimum atomic E-state index is 0.424. The standard InChI is InChI=1S/C14H27N3/c1-12-5-9-17(10-6-12)13(15)16-11-14(2)7-3-4-8-14/h12H,3-11H2,1-2H3,(H2,15,16). The van der Waals surface area contributed by atoms with Gasteiger partial charge in [-0.25, -0.2) is 0 Å². The molecule has 0 bridgehead atoms. The molecule has 3 heteroatoms. The van der Waals surface area contributed by atoms with Crippen LogP contribution in [-0.4, -0.2) is 30.5 Å². The molecule has 2 aliphatic rings. The summed E-state index contributed by atoms with van der Waals surface area (Å²) in [6, 6.07) is 0. The van der Waals surface area contributed by atoms with Gasteiger partial charge in [0.05, 0.1) is 0 Å². The molecule has 0 atom stereocenters. The monoisotopic (exact) mass is 237 g/mol. The Morgan fingerprint density at radius 2 is 1.88 bits per heavy atom. The molecule has 1 saturated heterocycles. The fraction of sp³-hybridized carbons (Fsp3) is 0.929. The van der Waals surface area contributed by atoms with Crippen molar-refractivity contribution in [2.45, 2.75) is 52.4 Å². The summed E-state index contributed by atoms with van der Waals surface area (Å²) in [5, 5.41) is 0. The van der Waals surface area contributed by atoms with E-state index in [4.69, 9.17) is 5.73 Å². The van der Waals surface area contributed by atoms with E-state index >= 15 is 0 Å². The molecule has 1 heterocycles. The van der Waals surface area contributed by atoms with Crippen molar-refractivity contribution < 1.29 is 0 Å². The number of guanidine groups is 1.